The molecule has 8 nitrogen and oxygen atoms in total. The molecular formula is C31H39N3O5S. The van der Waals surface area contributed by atoms with Crippen molar-refractivity contribution in [3.05, 3.63) is 83.9 Å². The third-order valence-corrected chi connectivity index (χ3v) is 9.22. The van der Waals surface area contributed by atoms with Crippen molar-refractivity contribution in [2.24, 2.45) is 5.92 Å². The van der Waals surface area contributed by atoms with Crippen LogP contribution in [-0.4, -0.2) is 67.2 Å². The van der Waals surface area contributed by atoms with E-state index >= 15 is 0 Å². The van der Waals surface area contributed by atoms with E-state index in [-0.39, 0.29) is 30.1 Å². The molecule has 0 heterocycles. The number of aliphatic carboxylic acids is 1. The van der Waals surface area contributed by atoms with Gasteiger partial charge >= 0.3 is 5.97 Å². The average molecular weight is 566 g/mol. The highest BCUT2D eigenvalue weighted by Crippen LogP contribution is 2.32. The zero-order valence-electron chi connectivity index (χ0n) is 23.3. The molecule has 0 aliphatic heterocycles. The minimum absolute atomic E-state index is 0.0426. The number of carbonyl (C=O) groups is 1. The molecule has 9 heteroatoms. The number of aliphatic hydroxyl groups excluding tert-OH is 1. The second kappa shape index (κ2) is 12.5. The van der Waals surface area contributed by atoms with Crippen molar-refractivity contribution in [2.45, 2.75) is 49.6 Å². The van der Waals surface area contributed by atoms with Crippen LogP contribution in [0.2, 0.25) is 0 Å². The predicted molar refractivity (Wildman–Crippen MR) is 158 cm³/mol. The van der Waals surface area contributed by atoms with Gasteiger partial charge in [0.2, 0.25) is 10.0 Å². The molecule has 0 fully saturated rings. The molecule has 1 aliphatic carbocycles. The van der Waals surface area contributed by atoms with Crippen LogP contribution < -0.4 is 10.6 Å². The number of fused-ring (bicyclic) bond motifs is 1. The quantitative estimate of drug-likeness (QED) is 0.247. The summed E-state index contributed by atoms with van der Waals surface area (Å²) < 4.78 is 27.9. The van der Waals surface area contributed by atoms with Crippen LogP contribution in [0.3, 0.4) is 0 Å². The highest BCUT2D eigenvalue weighted by atomic mass is 32.2. The zero-order chi connectivity index (χ0) is 28.9. The molecule has 4 rings (SSSR count). The third-order valence-electron chi connectivity index (χ3n) is 7.40. The summed E-state index contributed by atoms with van der Waals surface area (Å²) in [6.07, 6.45) is 2.21. The van der Waals surface area contributed by atoms with E-state index < -0.39 is 22.1 Å². The number of hydrogen-bond acceptors (Lipinski definition) is 6. The minimum Gasteiger partial charge on any atom is -0.480 e. The van der Waals surface area contributed by atoms with Gasteiger partial charge in [-0.3, -0.25) is 4.79 Å². The fraction of sp³-hybridized carbons (Fsp3) is 0.387. The molecule has 0 spiro atoms. The van der Waals surface area contributed by atoms with Crippen molar-refractivity contribution >= 4 is 21.7 Å². The lowest BCUT2D eigenvalue weighted by molar-refractivity contribution is -0.134. The van der Waals surface area contributed by atoms with Crippen LogP contribution in [-0.2, 0) is 27.7 Å². The zero-order valence-corrected chi connectivity index (χ0v) is 24.1. The summed E-state index contributed by atoms with van der Waals surface area (Å²) in [6.45, 7) is 4.27. The van der Waals surface area contributed by atoms with E-state index in [0.717, 1.165) is 24.8 Å². The lowest BCUT2D eigenvalue weighted by atomic mass is 9.88. The normalized spacial score (nSPS) is 14.7. The Bertz CT molecular complexity index is 1420. The molecule has 0 saturated heterocycles. The first-order valence-electron chi connectivity index (χ1n) is 13.6. The fourth-order valence-electron chi connectivity index (χ4n) is 5.44. The first-order chi connectivity index (χ1) is 18.9. The van der Waals surface area contributed by atoms with Crippen molar-refractivity contribution in [3.8, 4) is 11.1 Å². The van der Waals surface area contributed by atoms with Crippen LogP contribution in [0, 0.1) is 5.92 Å². The van der Waals surface area contributed by atoms with Crippen LogP contribution in [0.25, 0.3) is 11.1 Å². The number of rotatable bonds is 13. The maximum Gasteiger partial charge on any atom is 0.322 e. The van der Waals surface area contributed by atoms with E-state index in [2.05, 4.69) is 48.7 Å². The number of hydrogen-bond donors (Lipinski definition) is 4. The summed E-state index contributed by atoms with van der Waals surface area (Å²) in [7, 11) is -2.37. The number of carboxylic acids is 1. The first kappa shape index (κ1) is 29.7. The summed E-state index contributed by atoms with van der Waals surface area (Å²) in [6, 6.07) is 22.3. The minimum atomic E-state index is -3.85. The molecule has 0 saturated carbocycles. The van der Waals surface area contributed by atoms with Crippen LogP contribution in [0.15, 0.2) is 77.7 Å². The summed E-state index contributed by atoms with van der Waals surface area (Å²) in [5.41, 5.74) is 4.70. The van der Waals surface area contributed by atoms with Gasteiger partial charge in [-0.15, -0.1) is 0 Å². The van der Waals surface area contributed by atoms with Gasteiger partial charge in [-0.2, -0.15) is 4.31 Å². The Kier molecular flexibility index (Phi) is 9.30. The highest BCUT2D eigenvalue weighted by Gasteiger charge is 2.29. The van der Waals surface area contributed by atoms with E-state index in [0.29, 0.717) is 17.2 Å². The lowest BCUT2D eigenvalue weighted by Gasteiger charge is -2.31. The van der Waals surface area contributed by atoms with Gasteiger partial charge in [-0.1, -0.05) is 48.5 Å². The predicted octanol–water partition coefficient (Wildman–Crippen LogP) is 4.00. The molecule has 1 aliphatic rings. The number of nitrogens with one attached hydrogen (secondary N) is 2. The van der Waals surface area contributed by atoms with E-state index in [9.17, 15) is 18.3 Å². The number of aliphatic hydroxyl groups is 1. The van der Waals surface area contributed by atoms with Crippen molar-refractivity contribution in [2.75, 3.05) is 32.0 Å². The Hall–Kier alpha value is -3.24. The molecule has 3 aromatic carbocycles. The number of likely N-dealkylation sites (N-methyl/N-ethyl adjacent to an activating group) is 1. The van der Waals surface area contributed by atoms with Gasteiger partial charge in [0.1, 0.15) is 6.54 Å². The first-order valence-corrected chi connectivity index (χ1v) is 15.0. The molecular weight excluding hydrogens is 526 g/mol. The van der Waals surface area contributed by atoms with Gasteiger partial charge in [-0.25, -0.2) is 8.42 Å². The molecule has 0 aromatic heterocycles. The Morgan fingerprint density at radius 3 is 2.27 bits per heavy atom. The largest absolute Gasteiger partial charge is 0.480 e. The van der Waals surface area contributed by atoms with Gasteiger partial charge in [0.25, 0.3) is 0 Å². The van der Waals surface area contributed by atoms with Gasteiger partial charge < -0.3 is 20.8 Å². The number of anilines is 1. The molecule has 214 valence electrons. The standard InChI is InChI=1S/C31H39N3O5S/c1-31(2,18-22-14-23-8-4-5-9-24(23)15-22)33-19-28(35)21-34(3)40(38,39)29-13-7-11-26(17-29)25-10-6-12-27(16-25)32-20-30(36)37/h4-13,16-17,22,28,32-33,35H,14-15,18-21H2,1-3H3,(H,36,37)/t28-/m1/s1. The third kappa shape index (κ3) is 7.69. The van der Waals surface area contributed by atoms with Crippen LogP contribution in [0.5, 0.6) is 0 Å². The molecule has 3 aromatic rings. The summed E-state index contributed by atoms with van der Waals surface area (Å²) >= 11 is 0. The van der Waals surface area contributed by atoms with E-state index in [4.69, 9.17) is 5.11 Å². The average Bonchev–Trinajstić information content (AvgIpc) is 3.32. The summed E-state index contributed by atoms with van der Waals surface area (Å²) in [4.78, 5) is 11.0. The number of carboxylic acid groups (broad SMARTS) is 1. The number of β-amino-alcohol motifs (C(OH)–C–C–N with tert-alkyl or cyclic N) is 1. The van der Waals surface area contributed by atoms with Gasteiger partial charge in [0.05, 0.1) is 11.0 Å². The van der Waals surface area contributed by atoms with Gasteiger partial charge in [0, 0.05) is 31.4 Å². The van der Waals surface area contributed by atoms with Crippen LogP contribution in [0.4, 0.5) is 5.69 Å². The molecule has 0 radical (unpaired) electrons. The Labute approximate surface area is 237 Å². The van der Waals surface area contributed by atoms with E-state index in [1.165, 1.54) is 28.5 Å². The monoisotopic (exact) mass is 565 g/mol. The van der Waals surface area contributed by atoms with E-state index in [1.807, 2.05) is 6.07 Å². The fourth-order valence-corrected chi connectivity index (χ4v) is 6.70. The van der Waals surface area contributed by atoms with Crippen molar-refractivity contribution in [1.82, 2.24) is 9.62 Å². The van der Waals surface area contributed by atoms with Crippen molar-refractivity contribution in [3.63, 3.8) is 0 Å². The molecule has 4 N–H and O–H groups in total. The second-order valence-electron chi connectivity index (χ2n) is 11.3. The lowest BCUT2D eigenvalue weighted by Crippen LogP contribution is -2.47. The van der Waals surface area contributed by atoms with E-state index in [1.54, 1.807) is 36.4 Å². The topological polar surface area (TPSA) is 119 Å². The molecule has 40 heavy (non-hydrogen) atoms. The molecule has 0 unspecified atom stereocenters. The SMILES string of the molecule is CN(C[C@H](O)CNC(C)(C)CC1Cc2ccccc2C1)S(=O)(=O)c1cccc(-c2cccc(NCC(=O)O)c2)c1. The van der Waals surface area contributed by atoms with Crippen LogP contribution >= 0.6 is 0 Å². The molecule has 1 atom stereocenters. The van der Waals surface area contributed by atoms with Crippen LogP contribution in [0.1, 0.15) is 31.4 Å². The number of nitrogens with zero attached hydrogens (tertiary/aromatic N) is 1. The number of sulfonamides is 1. The molecule has 0 amide bonds. The maximum absolute atomic E-state index is 13.4. The van der Waals surface area contributed by atoms with Crippen molar-refractivity contribution in [1.29, 1.82) is 0 Å². The Morgan fingerprint density at radius 1 is 1.00 bits per heavy atom. The Morgan fingerprint density at radius 2 is 1.62 bits per heavy atom. The second-order valence-corrected chi connectivity index (χ2v) is 13.4. The maximum atomic E-state index is 13.4. The highest BCUT2D eigenvalue weighted by molar-refractivity contribution is 7.89. The summed E-state index contributed by atoms with van der Waals surface area (Å²) in [5, 5.41) is 25.9. The Balaban J connectivity index is 1.34. The summed E-state index contributed by atoms with van der Waals surface area (Å²) in [5.74, 6) is -0.428. The molecule has 0 bridgehead atoms. The van der Waals surface area contributed by atoms with Gasteiger partial charge in [-0.05, 0) is 85.5 Å². The van der Waals surface area contributed by atoms with Gasteiger partial charge in [0.15, 0.2) is 0 Å². The van der Waals surface area contributed by atoms with Crippen molar-refractivity contribution < 1.29 is 23.4 Å². The number of benzene rings is 3. The smallest absolute Gasteiger partial charge is 0.322 e.